The first-order valence-corrected chi connectivity index (χ1v) is 5.19. The Hall–Kier alpha value is -1.81. The van der Waals surface area contributed by atoms with Gasteiger partial charge in [0.05, 0.1) is 6.42 Å². The molecule has 0 saturated carbocycles. The van der Waals surface area contributed by atoms with Crippen molar-refractivity contribution in [3.63, 3.8) is 0 Å². The van der Waals surface area contributed by atoms with Crippen molar-refractivity contribution in [2.75, 3.05) is 6.54 Å². The van der Waals surface area contributed by atoms with Gasteiger partial charge in [0, 0.05) is 0 Å². The molecule has 2 heterocycles. The number of alkyl halides is 2. The molecule has 0 aromatic heterocycles. The largest absolute Gasteiger partial charge is 0.450 e. The summed E-state index contributed by atoms with van der Waals surface area (Å²) >= 11 is 0. The highest BCUT2D eigenvalue weighted by Crippen LogP contribution is 2.30. The van der Waals surface area contributed by atoms with Gasteiger partial charge in [-0.3, -0.25) is 4.79 Å². The van der Waals surface area contributed by atoms with Gasteiger partial charge in [0.2, 0.25) is 0 Å². The van der Waals surface area contributed by atoms with Crippen LogP contribution in [0.3, 0.4) is 0 Å². The standard InChI is InChI=1S/C9H9F2NO7/c10-9(11)1-3-6(15)12(2-9)19-8(17)5(14)4(13)7(16)18-3/h3-5,13-14H,1-2H2. The first-order chi connectivity index (χ1) is 8.71. The molecule has 2 saturated heterocycles. The SMILES string of the molecule is O=C1OC2CC(F)(F)CN(OC(=O)C(O)C1O)C2=O. The summed E-state index contributed by atoms with van der Waals surface area (Å²) in [5.74, 6) is -7.74. The van der Waals surface area contributed by atoms with Crippen molar-refractivity contribution in [1.29, 1.82) is 0 Å². The number of hydrogen-bond donors (Lipinski definition) is 2. The quantitative estimate of drug-likeness (QED) is 0.492. The fourth-order valence-corrected chi connectivity index (χ4v) is 1.67. The summed E-state index contributed by atoms with van der Waals surface area (Å²) in [6.07, 6.45) is -7.61. The predicted octanol–water partition coefficient (Wildman–Crippen LogP) is -2.04. The second-order valence-corrected chi connectivity index (χ2v) is 4.16. The maximum Gasteiger partial charge on any atom is 0.364 e. The number of carbonyl (C=O) groups excluding carboxylic acids is 3. The van der Waals surface area contributed by atoms with E-state index >= 15 is 0 Å². The molecule has 106 valence electrons. The average Bonchev–Trinajstić information content (AvgIpc) is 2.33. The van der Waals surface area contributed by atoms with Gasteiger partial charge in [-0.1, -0.05) is 0 Å². The van der Waals surface area contributed by atoms with Gasteiger partial charge < -0.3 is 19.8 Å². The summed E-state index contributed by atoms with van der Waals surface area (Å²) in [6.45, 7) is -1.21. The van der Waals surface area contributed by atoms with Gasteiger partial charge in [-0.05, 0) is 0 Å². The Morgan fingerprint density at radius 3 is 2.37 bits per heavy atom. The second kappa shape index (κ2) is 4.38. The number of esters is 1. The molecule has 0 aromatic rings. The Morgan fingerprint density at radius 1 is 1.16 bits per heavy atom. The van der Waals surface area contributed by atoms with Gasteiger partial charge in [-0.25, -0.2) is 18.4 Å². The number of carbonyl (C=O) groups is 3. The molecule has 2 aliphatic rings. The van der Waals surface area contributed by atoms with E-state index in [0.29, 0.717) is 0 Å². The van der Waals surface area contributed by atoms with E-state index in [0.717, 1.165) is 0 Å². The van der Waals surface area contributed by atoms with Crippen molar-refractivity contribution in [1.82, 2.24) is 5.06 Å². The molecule has 2 N–H and O–H groups in total. The molecule has 2 fully saturated rings. The normalized spacial score (nSPS) is 34.8. The minimum Gasteiger partial charge on any atom is -0.450 e. The topological polar surface area (TPSA) is 113 Å². The lowest BCUT2D eigenvalue weighted by Gasteiger charge is -2.33. The number of aliphatic hydroxyl groups excluding tert-OH is 2. The number of amides is 1. The van der Waals surface area contributed by atoms with Crippen LogP contribution in [0.4, 0.5) is 8.78 Å². The lowest BCUT2D eigenvalue weighted by atomic mass is 10.1. The number of piperidine rings is 1. The third-order valence-electron chi connectivity index (χ3n) is 2.62. The van der Waals surface area contributed by atoms with Gasteiger partial charge in [0.25, 0.3) is 11.8 Å². The third-order valence-corrected chi connectivity index (χ3v) is 2.62. The molecule has 8 nitrogen and oxygen atoms in total. The van der Waals surface area contributed by atoms with Crippen LogP contribution in [0.5, 0.6) is 0 Å². The Balaban J connectivity index is 2.35. The molecule has 3 unspecified atom stereocenters. The van der Waals surface area contributed by atoms with E-state index in [1.54, 1.807) is 0 Å². The van der Waals surface area contributed by atoms with Crippen LogP contribution >= 0.6 is 0 Å². The number of ether oxygens (including phenoxy) is 1. The number of rotatable bonds is 0. The first-order valence-electron chi connectivity index (χ1n) is 5.19. The van der Waals surface area contributed by atoms with E-state index in [9.17, 15) is 33.4 Å². The fourth-order valence-electron chi connectivity index (χ4n) is 1.67. The van der Waals surface area contributed by atoms with Crippen LogP contribution in [0.15, 0.2) is 0 Å². The molecular weight excluding hydrogens is 272 g/mol. The Morgan fingerprint density at radius 2 is 1.74 bits per heavy atom. The summed E-state index contributed by atoms with van der Waals surface area (Å²) in [5.41, 5.74) is 0. The number of halogens is 2. The lowest BCUT2D eigenvalue weighted by molar-refractivity contribution is -0.235. The van der Waals surface area contributed by atoms with Crippen LogP contribution in [0.1, 0.15) is 6.42 Å². The molecular formula is C9H9F2NO7. The summed E-state index contributed by atoms with van der Waals surface area (Å²) in [4.78, 5) is 38.4. The molecule has 2 bridgehead atoms. The van der Waals surface area contributed by atoms with Gasteiger partial charge in [0.1, 0.15) is 6.54 Å². The van der Waals surface area contributed by atoms with Crippen LogP contribution in [0.2, 0.25) is 0 Å². The number of fused-ring (bicyclic) bond motifs is 2. The lowest BCUT2D eigenvalue weighted by Crippen LogP contribution is -2.54. The van der Waals surface area contributed by atoms with Gasteiger partial charge in [-0.2, -0.15) is 5.06 Å². The highest BCUT2D eigenvalue weighted by molar-refractivity contribution is 5.91. The van der Waals surface area contributed by atoms with E-state index in [2.05, 4.69) is 9.57 Å². The maximum absolute atomic E-state index is 13.3. The third kappa shape index (κ3) is 2.49. The zero-order chi connectivity index (χ0) is 14.4. The fraction of sp³-hybridized carbons (Fsp3) is 0.667. The molecule has 1 amide bonds. The van der Waals surface area contributed by atoms with Crippen LogP contribution in [-0.2, 0) is 24.0 Å². The minimum absolute atomic E-state index is 0.0189. The highest BCUT2D eigenvalue weighted by Gasteiger charge is 2.51. The molecule has 3 atom stereocenters. The van der Waals surface area contributed by atoms with E-state index in [-0.39, 0.29) is 5.06 Å². The number of nitrogens with zero attached hydrogens (tertiary/aromatic N) is 1. The average molecular weight is 281 g/mol. The molecule has 0 aliphatic carbocycles. The maximum atomic E-state index is 13.3. The molecule has 0 aromatic carbocycles. The van der Waals surface area contributed by atoms with Crippen molar-refractivity contribution >= 4 is 17.8 Å². The monoisotopic (exact) mass is 281 g/mol. The Kier molecular flexibility index (Phi) is 3.14. The molecule has 0 radical (unpaired) electrons. The number of aliphatic hydroxyl groups is 2. The van der Waals surface area contributed by atoms with E-state index in [4.69, 9.17) is 0 Å². The number of hydroxylamine groups is 2. The van der Waals surface area contributed by atoms with Gasteiger partial charge >= 0.3 is 11.9 Å². The van der Waals surface area contributed by atoms with Crippen molar-refractivity contribution in [2.24, 2.45) is 0 Å². The molecule has 2 rings (SSSR count). The Labute approximate surface area is 104 Å². The van der Waals surface area contributed by atoms with Gasteiger partial charge in [-0.15, -0.1) is 0 Å². The summed E-state index contributed by atoms with van der Waals surface area (Å²) in [6, 6.07) is 0. The minimum atomic E-state index is -3.43. The van der Waals surface area contributed by atoms with Crippen LogP contribution in [-0.4, -0.2) is 63.9 Å². The number of hydrogen-bond acceptors (Lipinski definition) is 7. The second-order valence-electron chi connectivity index (χ2n) is 4.16. The molecule has 10 heteroatoms. The van der Waals surface area contributed by atoms with E-state index in [1.807, 2.05) is 0 Å². The predicted molar refractivity (Wildman–Crippen MR) is 49.3 cm³/mol. The zero-order valence-corrected chi connectivity index (χ0v) is 9.29. The van der Waals surface area contributed by atoms with Crippen LogP contribution in [0.25, 0.3) is 0 Å². The first kappa shape index (κ1) is 13.6. The van der Waals surface area contributed by atoms with E-state index < -0.39 is 55.0 Å². The van der Waals surface area contributed by atoms with E-state index in [1.165, 1.54) is 0 Å². The van der Waals surface area contributed by atoms with Crippen molar-refractivity contribution < 1.29 is 43.0 Å². The molecule has 0 spiro atoms. The van der Waals surface area contributed by atoms with Crippen molar-refractivity contribution in [3.05, 3.63) is 0 Å². The van der Waals surface area contributed by atoms with Crippen LogP contribution < -0.4 is 0 Å². The van der Waals surface area contributed by atoms with Crippen molar-refractivity contribution in [2.45, 2.75) is 30.7 Å². The van der Waals surface area contributed by atoms with Crippen molar-refractivity contribution in [3.8, 4) is 0 Å². The summed E-state index contributed by atoms with van der Waals surface area (Å²) in [5, 5.41) is 18.5. The highest BCUT2D eigenvalue weighted by atomic mass is 19.3. The molecule has 2 aliphatic heterocycles. The summed E-state index contributed by atoms with van der Waals surface area (Å²) in [7, 11) is 0. The zero-order valence-electron chi connectivity index (χ0n) is 9.29. The summed E-state index contributed by atoms with van der Waals surface area (Å²) < 4.78 is 31.0. The van der Waals surface area contributed by atoms with Gasteiger partial charge in [0.15, 0.2) is 18.3 Å². The molecule has 19 heavy (non-hydrogen) atoms. The Bertz CT molecular complexity index is 404. The smallest absolute Gasteiger partial charge is 0.364 e. The van der Waals surface area contributed by atoms with Crippen LogP contribution in [0, 0.1) is 0 Å².